The summed E-state index contributed by atoms with van der Waals surface area (Å²) in [6.07, 6.45) is 4.50. The standard InChI is InChI=1S/C22H20N2O6/c25-19(23-15-9-5-13(6-10-15)21(27)28)17-3-1-2-4-18(17)20(26)24-16-11-7-14(8-12-16)22(29)30/h1-2,5-12,17-18H,3-4H2,(H,23,25)(H,24,26)(H,27,28)(H,29,30). The van der Waals surface area contributed by atoms with Crippen molar-refractivity contribution in [1.82, 2.24) is 0 Å². The average molecular weight is 408 g/mol. The molecule has 0 bridgehead atoms. The highest BCUT2D eigenvalue weighted by molar-refractivity contribution is 6.00. The Morgan fingerprint density at radius 2 is 0.967 bits per heavy atom. The maximum absolute atomic E-state index is 12.8. The van der Waals surface area contributed by atoms with Crippen LogP contribution in [-0.2, 0) is 9.59 Å². The summed E-state index contributed by atoms with van der Waals surface area (Å²) in [6.45, 7) is 0. The van der Waals surface area contributed by atoms with Crippen molar-refractivity contribution in [2.24, 2.45) is 11.8 Å². The Bertz CT molecular complexity index is 914. The average Bonchev–Trinajstić information content (AvgIpc) is 2.74. The fourth-order valence-corrected chi connectivity index (χ4v) is 3.26. The summed E-state index contributed by atoms with van der Waals surface area (Å²) in [7, 11) is 0. The van der Waals surface area contributed by atoms with Crippen LogP contribution in [0.15, 0.2) is 60.7 Å². The predicted octanol–water partition coefficient (Wildman–Crippen LogP) is 3.24. The van der Waals surface area contributed by atoms with Gasteiger partial charge in [0, 0.05) is 11.4 Å². The largest absolute Gasteiger partial charge is 0.478 e. The Hall–Kier alpha value is -3.94. The highest BCUT2D eigenvalue weighted by atomic mass is 16.4. The second kappa shape index (κ2) is 9.04. The molecule has 0 aliphatic heterocycles. The number of allylic oxidation sites excluding steroid dienone is 2. The van der Waals surface area contributed by atoms with Crippen LogP contribution in [0.5, 0.6) is 0 Å². The van der Waals surface area contributed by atoms with Crippen molar-refractivity contribution in [3.05, 3.63) is 71.8 Å². The van der Waals surface area contributed by atoms with Gasteiger partial charge in [0.2, 0.25) is 11.8 Å². The number of benzene rings is 2. The number of carboxylic acids is 2. The molecular weight excluding hydrogens is 388 g/mol. The van der Waals surface area contributed by atoms with Crippen LogP contribution in [0.25, 0.3) is 0 Å². The highest BCUT2D eigenvalue weighted by Crippen LogP contribution is 2.28. The zero-order valence-corrected chi connectivity index (χ0v) is 15.9. The van der Waals surface area contributed by atoms with Crippen molar-refractivity contribution in [3.8, 4) is 0 Å². The van der Waals surface area contributed by atoms with E-state index >= 15 is 0 Å². The number of nitrogens with one attached hydrogen (secondary N) is 2. The Balaban J connectivity index is 1.68. The number of amides is 2. The third-order valence-electron chi connectivity index (χ3n) is 4.90. The van der Waals surface area contributed by atoms with Gasteiger partial charge in [0.25, 0.3) is 0 Å². The minimum atomic E-state index is -1.06. The van der Waals surface area contributed by atoms with Crippen molar-refractivity contribution in [2.45, 2.75) is 12.8 Å². The first-order chi connectivity index (χ1) is 14.3. The van der Waals surface area contributed by atoms with Crippen LogP contribution >= 0.6 is 0 Å². The molecule has 0 heterocycles. The molecule has 0 spiro atoms. The quantitative estimate of drug-likeness (QED) is 0.543. The van der Waals surface area contributed by atoms with Gasteiger partial charge < -0.3 is 20.8 Å². The Labute approximate surface area is 172 Å². The Morgan fingerprint density at radius 3 is 1.27 bits per heavy atom. The van der Waals surface area contributed by atoms with E-state index in [2.05, 4.69) is 10.6 Å². The summed E-state index contributed by atoms with van der Waals surface area (Å²) >= 11 is 0. The molecule has 1 aliphatic rings. The van der Waals surface area contributed by atoms with Gasteiger partial charge in [-0.1, -0.05) is 12.2 Å². The van der Waals surface area contributed by atoms with Crippen molar-refractivity contribution in [1.29, 1.82) is 0 Å². The summed E-state index contributed by atoms with van der Waals surface area (Å²) in [6, 6.07) is 11.6. The Kier molecular flexibility index (Phi) is 6.26. The molecule has 0 saturated heterocycles. The molecule has 0 fully saturated rings. The normalized spacial score (nSPS) is 17.7. The lowest BCUT2D eigenvalue weighted by Gasteiger charge is -2.26. The summed E-state index contributed by atoms with van der Waals surface area (Å²) < 4.78 is 0. The van der Waals surface area contributed by atoms with Crippen LogP contribution in [0.4, 0.5) is 11.4 Å². The van der Waals surface area contributed by atoms with Gasteiger partial charge in [-0.25, -0.2) is 9.59 Å². The number of hydrogen-bond donors (Lipinski definition) is 4. The van der Waals surface area contributed by atoms with E-state index in [1.165, 1.54) is 48.5 Å². The number of anilines is 2. The minimum Gasteiger partial charge on any atom is -0.478 e. The smallest absolute Gasteiger partial charge is 0.335 e. The van der Waals surface area contributed by atoms with Gasteiger partial charge in [0.1, 0.15) is 0 Å². The molecule has 2 atom stereocenters. The van der Waals surface area contributed by atoms with Crippen LogP contribution in [0.1, 0.15) is 33.6 Å². The molecule has 0 saturated carbocycles. The number of hydrogen-bond acceptors (Lipinski definition) is 4. The maximum atomic E-state index is 12.8. The van der Waals surface area contributed by atoms with Gasteiger partial charge in [-0.2, -0.15) is 0 Å². The van der Waals surface area contributed by atoms with Crippen molar-refractivity contribution >= 4 is 35.1 Å². The van der Waals surface area contributed by atoms with E-state index in [1.807, 2.05) is 12.2 Å². The summed E-state index contributed by atoms with van der Waals surface area (Å²) in [5, 5.41) is 23.4. The van der Waals surface area contributed by atoms with Crippen LogP contribution in [-0.4, -0.2) is 34.0 Å². The second-order valence-corrected chi connectivity index (χ2v) is 6.90. The van der Waals surface area contributed by atoms with Crippen molar-refractivity contribution in [2.75, 3.05) is 10.6 Å². The molecule has 2 unspecified atom stereocenters. The first-order valence-electron chi connectivity index (χ1n) is 9.28. The van der Waals surface area contributed by atoms with Crippen molar-refractivity contribution in [3.63, 3.8) is 0 Å². The van der Waals surface area contributed by atoms with E-state index < -0.39 is 23.8 Å². The molecule has 0 radical (unpaired) electrons. The van der Waals surface area contributed by atoms with Gasteiger partial charge in [-0.3, -0.25) is 9.59 Å². The van der Waals surface area contributed by atoms with Gasteiger partial charge >= 0.3 is 11.9 Å². The van der Waals surface area contributed by atoms with Crippen molar-refractivity contribution < 1.29 is 29.4 Å². The molecule has 1 aliphatic carbocycles. The van der Waals surface area contributed by atoms with Crippen LogP contribution in [0, 0.1) is 11.8 Å². The zero-order chi connectivity index (χ0) is 21.7. The molecule has 0 aromatic heterocycles. The first-order valence-corrected chi connectivity index (χ1v) is 9.28. The number of carbonyl (C=O) groups is 4. The summed E-state index contributed by atoms with van der Waals surface area (Å²) in [5.74, 6) is -3.95. The second-order valence-electron chi connectivity index (χ2n) is 6.90. The molecule has 154 valence electrons. The maximum Gasteiger partial charge on any atom is 0.335 e. The molecule has 2 amide bonds. The lowest BCUT2D eigenvalue weighted by molar-refractivity contribution is -0.129. The molecule has 4 N–H and O–H groups in total. The fraction of sp³-hybridized carbons (Fsp3) is 0.182. The summed E-state index contributed by atoms with van der Waals surface area (Å²) in [5.41, 5.74) is 1.12. The van der Waals surface area contributed by atoms with E-state index in [0.717, 1.165) is 0 Å². The van der Waals surface area contributed by atoms with Gasteiger partial charge in [0.05, 0.1) is 23.0 Å². The van der Waals surface area contributed by atoms with E-state index in [0.29, 0.717) is 24.2 Å². The predicted molar refractivity (Wildman–Crippen MR) is 109 cm³/mol. The van der Waals surface area contributed by atoms with Crippen LogP contribution in [0.2, 0.25) is 0 Å². The molecule has 3 rings (SSSR count). The lowest BCUT2D eigenvalue weighted by atomic mass is 9.81. The van der Waals surface area contributed by atoms with E-state index in [9.17, 15) is 19.2 Å². The molecular formula is C22H20N2O6. The molecule has 8 nitrogen and oxygen atoms in total. The molecule has 2 aromatic carbocycles. The molecule has 30 heavy (non-hydrogen) atoms. The number of carbonyl (C=O) groups excluding carboxylic acids is 2. The summed E-state index contributed by atoms with van der Waals surface area (Å²) in [4.78, 5) is 47.4. The number of rotatable bonds is 6. The van der Waals surface area contributed by atoms with Crippen LogP contribution in [0.3, 0.4) is 0 Å². The SMILES string of the molecule is O=C(O)c1ccc(NC(=O)C2CC=CCC2C(=O)Nc2ccc(C(=O)O)cc2)cc1. The topological polar surface area (TPSA) is 133 Å². The molecule has 8 heteroatoms. The lowest BCUT2D eigenvalue weighted by Crippen LogP contribution is -2.37. The fourth-order valence-electron chi connectivity index (χ4n) is 3.26. The first kappa shape index (κ1) is 20.8. The van der Waals surface area contributed by atoms with E-state index in [4.69, 9.17) is 10.2 Å². The highest BCUT2D eigenvalue weighted by Gasteiger charge is 2.34. The van der Waals surface area contributed by atoms with Crippen LogP contribution < -0.4 is 10.6 Å². The third-order valence-corrected chi connectivity index (χ3v) is 4.90. The monoisotopic (exact) mass is 408 g/mol. The van der Waals surface area contributed by atoms with Gasteiger partial charge in [0.15, 0.2) is 0 Å². The zero-order valence-electron chi connectivity index (χ0n) is 15.9. The van der Waals surface area contributed by atoms with E-state index in [1.54, 1.807) is 0 Å². The third kappa shape index (κ3) is 4.91. The Morgan fingerprint density at radius 1 is 0.633 bits per heavy atom. The molecule has 2 aromatic rings. The number of carboxylic acid groups (broad SMARTS) is 2. The van der Waals surface area contributed by atoms with Gasteiger partial charge in [-0.05, 0) is 61.4 Å². The van der Waals surface area contributed by atoms with Gasteiger partial charge in [-0.15, -0.1) is 0 Å². The number of aromatic carboxylic acids is 2. The van der Waals surface area contributed by atoms with E-state index in [-0.39, 0.29) is 22.9 Å². The minimum absolute atomic E-state index is 0.111.